The quantitative estimate of drug-likeness (QED) is 0.868. The Morgan fingerprint density at radius 2 is 2.32 bits per heavy atom. The predicted molar refractivity (Wildman–Crippen MR) is 82.7 cm³/mol. The third-order valence-electron chi connectivity index (χ3n) is 3.78. The molecule has 0 bridgehead atoms. The minimum atomic E-state index is 0.578. The normalized spacial score (nSPS) is 21.2. The number of nitrogens with one attached hydrogen (secondary N) is 1. The van der Waals surface area contributed by atoms with Gasteiger partial charge < -0.3 is 5.32 Å². The zero-order chi connectivity index (χ0) is 13.7. The number of nitrogens with zero attached hydrogens (tertiary/aromatic N) is 2. The van der Waals surface area contributed by atoms with Crippen molar-refractivity contribution < 1.29 is 0 Å². The molecule has 1 unspecified atom stereocenters. The summed E-state index contributed by atoms with van der Waals surface area (Å²) in [6.07, 6.45) is 5.09. The molecule has 1 saturated heterocycles. The summed E-state index contributed by atoms with van der Waals surface area (Å²) >= 11 is 1.80. The van der Waals surface area contributed by atoms with Crippen molar-refractivity contribution in [3.05, 3.63) is 16.1 Å². The molecular weight excluding hydrogens is 254 g/mol. The number of likely N-dealkylation sites (tertiary alicyclic amines) is 1. The molecule has 1 aliphatic rings. The average Bonchev–Trinajstić information content (AvgIpc) is 2.85. The number of thiazole rings is 1. The van der Waals surface area contributed by atoms with E-state index in [-0.39, 0.29) is 0 Å². The van der Waals surface area contributed by atoms with Crippen LogP contribution >= 0.6 is 11.3 Å². The number of rotatable bonds is 6. The van der Waals surface area contributed by atoms with E-state index in [9.17, 15) is 0 Å². The van der Waals surface area contributed by atoms with Gasteiger partial charge in [-0.15, -0.1) is 11.3 Å². The van der Waals surface area contributed by atoms with Crippen LogP contribution in [-0.2, 0) is 13.0 Å². The van der Waals surface area contributed by atoms with Gasteiger partial charge in [0.1, 0.15) is 0 Å². The molecule has 1 N–H and O–H groups in total. The first kappa shape index (κ1) is 14.9. The fraction of sp³-hybridized carbons (Fsp3) is 0.800. The fourth-order valence-electron chi connectivity index (χ4n) is 2.66. The van der Waals surface area contributed by atoms with Gasteiger partial charge in [0.25, 0.3) is 0 Å². The van der Waals surface area contributed by atoms with Gasteiger partial charge in [-0.3, -0.25) is 4.90 Å². The largest absolute Gasteiger partial charge is 0.313 e. The van der Waals surface area contributed by atoms with Crippen LogP contribution < -0.4 is 5.32 Å². The van der Waals surface area contributed by atoms with Crippen molar-refractivity contribution >= 4 is 11.3 Å². The van der Waals surface area contributed by atoms with Crippen molar-refractivity contribution in [2.24, 2.45) is 0 Å². The van der Waals surface area contributed by atoms with Gasteiger partial charge in [0.05, 0.1) is 10.7 Å². The van der Waals surface area contributed by atoms with Gasteiger partial charge in [0, 0.05) is 30.6 Å². The van der Waals surface area contributed by atoms with Crippen LogP contribution in [-0.4, -0.2) is 35.1 Å². The molecule has 1 aromatic heterocycles. The lowest BCUT2D eigenvalue weighted by Crippen LogP contribution is -2.46. The van der Waals surface area contributed by atoms with Crippen molar-refractivity contribution in [3.8, 4) is 0 Å². The summed E-state index contributed by atoms with van der Waals surface area (Å²) in [5, 5.41) is 7.09. The Morgan fingerprint density at radius 1 is 1.47 bits per heavy atom. The molecule has 1 atom stereocenters. The molecule has 1 fully saturated rings. The van der Waals surface area contributed by atoms with Gasteiger partial charge in [-0.2, -0.15) is 0 Å². The molecular formula is C15H27N3S. The molecule has 2 heterocycles. The van der Waals surface area contributed by atoms with Crippen molar-refractivity contribution in [3.63, 3.8) is 0 Å². The van der Waals surface area contributed by atoms with E-state index in [2.05, 4.69) is 36.4 Å². The number of aromatic nitrogens is 1. The third kappa shape index (κ3) is 4.55. The van der Waals surface area contributed by atoms with Gasteiger partial charge in [0.15, 0.2) is 0 Å². The summed E-state index contributed by atoms with van der Waals surface area (Å²) in [7, 11) is 0. The van der Waals surface area contributed by atoms with Gasteiger partial charge in [-0.05, 0) is 25.8 Å². The van der Waals surface area contributed by atoms with E-state index in [0.717, 1.165) is 19.5 Å². The minimum Gasteiger partial charge on any atom is -0.313 e. The Balaban J connectivity index is 1.91. The minimum absolute atomic E-state index is 0.578. The zero-order valence-electron chi connectivity index (χ0n) is 12.5. The van der Waals surface area contributed by atoms with Crippen LogP contribution in [0.4, 0.5) is 0 Å². The smallest absolute Gasteiger partial charge is 0.0926 e. The van der Waals surface area contributed by atoms with E-state index in [1.54, 1.807) is 11.3 Å². The monoisotopic (exact) mass is 281 g/mol. The number of hydrogen-bond donors (Lipinski definition) is 1. The van der Waals surface area contributed by atoms with Crippen LogP contribution in [0.2, 0.25) is 0 Å². The van der Waals surface area contributed by atoms with E-state index >= 15 is 0 Å². The van der Waals surface area contributed by atoms with Gasteiger partial charge in [-0.25, -0.2) is 4.98 Å². The van der Waals surface area contributed by atoms with Gasteiger partial charge in [-0.1, -0.05) is 27.2 Å². The molecule has 0 radical (unpaired) electrons. The number of aryl methyl sites for hydroxylation is 1. The maximum absolute atomic E-state index is 4.71. The second-order valence-corrected chi connectivity index (χ2v) is 6.71. The van der Waals surface area contributed by atoms with Gasteiger partial charge >= 0.3 is 0 Å². The molecule has 0 aromatic carbocycles. The Bertz CT molecular complexity index is 375. The lowest BCUT2D eigenvalue weighted by atomic mass is 10.0. The highest BCUT2D eigenvalue weighted by Crippen LogP contribution is 2.20. The molecule has 108 valence electrons. The lowest BCUT2D eigenvalue weighted by Gasteiger charge is -2.35. The van der Waals surface area contributed by atoms with Crippen molar-refractivity contribution in [2.45, 2.75) is 65.1 Å². The van der Waals surface area contributed by atoms with Crippen LogP contribution in [0, 0.1) is 0 Å². The van der Waals surface area contributed by atoms with Crippen LogP contribution in [0.5, 0.6) is 0 Å². The zero-order valence-corrected chi connectivity index (χ0v) is 13.3. The average molecular weight is 281 g/mol. The Morgan fingerprint density at radius 3 is 3.00 bits per heavy atom. The molecule has 0 saturated carbocycles. The van der Waals surface area contributed by atoms with Crippen LogP contribution in [0.3, 0.4) is 0 Å². The Hall–Kier alpha value is -0.450. The topological polar surface area (TPSA) is 28.2 Å². The second-order valence-electron chi connectivity index (χ2n) is 5.77. The molecule has 1 aromatic rings. The highest BCUT2D eigenvalue weighted by atomic mass is 32.1. The van der Waals surface area contributed by atoms with Crippen LogP contribution in [0.15, 0.2) is 5.38 Å². The molecule has 19 heavy (non-hydrogen) atoms. The maximum Gasteiger partial charge on any atom is 0.0926 e. The van der Waals surface area contributed by atoms with E-state index in [1.807, 2.05) is 0 Å². The molecule has 4 heteroatoms. The van der Waals surface area contributed by atoms with Crippen molar-refractivity contribution in [1.82, 2.24) is 15.2 Å². The highest BCUT2D eigenvalue weighted by Gasteiger charge is 2.23. The Kier molecular flexibility index (Phi) is 5.79. The summed E-state index contributed by atoms with van der Waals surface area (Å²) in [5.41, 5.74) is 1.26. The molecule has 3 nitrogen and oxygen atoms in total. The fourth-order valence-corrected chi connectivity index (χ4v) is 3.40. The number of hydrogen-bond acceptors (Lipinski definition) is 4. The molecule has 0 aliphatic carbocycles. The highest BCUT2D eigenvalue weighted by molar-refractivity contribution is 7.09. The van der Waals surface area contributed by atoms with Crippen molar-refractivity contribution in [1.29, 1.82) is 0 Å². The standard InChI is InChI=1S/C15H27N3S/c1-4-15-17-13(11-19-15)10-18-8-6-5-7-14(18)9-16-12(2)3/h11-12,14,16H,4-10H2,1-3H3. The Labute approximate surface area is 121 Å². The summed E-state index contributed by atoms with van der Waals surface area (Å²) in [6.45, 7) is 9.99. The molecule has 1 aliphatic heterocycles. The van der Waals surface area contributed by atoms with E-state index in [0.29, 0.717) is 12.1 Å². The molecule has 2 rings (SSSR count). The van der Waals surface area contributed by atoms with Crippen molar-refractivity contribution in [2.75, 3.05) is 13.1 Å². The van der Waals surface area contributed by atoms with E-state index in [4.69, 9.17) is 4.98 Å². The number of piperidine rings is 1. The van der Waals surface area contributed by atoms with Gasteiger partial charge in [0.2, 0.25) is 0 Å². The van der Waals surface area contributed by atoms with E-state index < -0.39 is 0 Å². The van der Waals surface area contributed by atoms with E-state index in [1.165, 1.54) is 36.5 Å². The first-order valence-electron chi connectivity index (χ1n) is 7.59. The second kappa shape index (κ2) is 7.36. The van der Waals surface area contributed by atoms with Crippen LogP contribution in [0.1, 0.15) is 50.7 Å². The molecule has 0 amide bonds. The third-order valence-corrected chi connectivity index (χ3v) is 4.82. The molecule has 0 spiro atoms. The summed E-state index contributed by atoms with van der Waals surface area (Å²) in [5.74, 6) is 0. The summed E-state index contributed by atoms with van der Waals surface area (Å²) in [4.78, 5) is 7.33. The summed E-state index contributed by atoms with van der Waals surface area (Å²) < 4.78 is 0. The van der Waals surface area contributed by atoms with Crippen LogP contribution in [0.25, 0.3) is 0 Å². The first-order valence-corrected chi connectivity index (χ1v) is 8.47. The summed E-state index contributed by atoms with van der Waals surface area (Å²) in [6, 6.07) is 1.26. The predicted octanol–water partition coefficient (Wildman–Crippen LogP) is 3.06. The maximum atomic E-state index is 4.71. The first-order chi connectivity index (χ1) is 9.19. The SMILES string of the molecule is CCc1nc(CN2CCCCC2CNC(C)C)cs1. The lowest BCUT2D eigenvalue weighted by molar-refractivity contribution is 0.134.